The standard InChI is InChI=1S/C48H76N2O7Si3/c1-43(2,3)58(12,13)55-30-48(31-56-59(14,15)44(4,5)6,32-57-60(16,17)45(7,8)9)49-35(51)28-29-50-40(52)38-39(41(50)53)47(11)37(34-26-22-19-23-27-34)36(46(38,10)42(47)54)33-24-20-18-21-25-33/h18-27,38-39,42,54H,28-32H2,1-17H3,(H,49,51). The number of fused-ring (bicyclic) bond motifs is 5. The van der Waals surface area contributed by atoms with Gasteiger partial charge in [-0.25, -0.2) is 0 Å². The van der Waals surface area contributed by atoms with E-state index < -0.39 is 59.3 Å². The summed E-state index contributed by atoms with van der Waals surface area (Å²) in [5, 5.41) is 15.4. The minimum absolute atomic E-state index is 0.0756. The maximum absolute atomic E-state index is 14.7. The molecule has 4 atom stereocenters. The van der Waals surface area contributed by atoms with Crippen LogP contribution in [-0.4, -0.2) is 90.7 Å². The average molecular weight is 877 g/mol. The summed E-state index contributed by atoms with van der Waals surface area (Å²) in [7, 11) is -6.93. The molecule has 1 heterocycles. The smallest absolute Gasteiger partial charge is 0.234 e. The predicted molar refractivity (Wildman–Crippen MR) is 251 cm³/mol. The second-order valence-electron chi connectivity index (χ2n) is 23.0. The van der Waals surface area contributed by atoms with E-state index in [1.165, 1.54) is 4.90 Å². The van der Waals surface area contributed by atoms with Gasteiger partial charge in [-0.05, 0) is 76.7 Å². The second kappa shape index (κ2) is 16.1. The molecule has 2 fully saturated rings. The van der Waals surface area contributed by atoms with E-state index in [4.69, 9.17) is 13.3 Å². The van der Waals surface area contributed by atoms with Gasteiger partial charge < -0.3 is 23.7 Å². The summed E-state index contributed by atoms with van der Waals surface area (Å²) in [6.07, 6.45) is -1.06. The second-order valence-corrected chi connectivity index (χ2v) is 37.4. The van der Waals surface area contributed by atoms with E-state index in [0.717, 1.165) is 22.3 Å². The van der Waals surface area contributed by atoms with Crippen molar-refractivity contribution in [2.75, 3.05) is 26.4 Å². The molecule has 2 aromatic rings. The van der Waals surface area contributed by atoms with Crippen molar-refractivity contribution in [2.45, 2.75) is 149 Å². The Kier molecular flexibility index (Phi) is 13.0. The molecule has 4 unspecified atom stereocenters. The van der Waals surface area contributed by atoms with Crippen LogP contribution in [0.5, 0.6) is 0 Å². The van der Waals surface area contributed by atoms with Crippen LogP contribution in [0.3, 0.4) is 0 Å². The normalized spacial score (nSPS) is 25.4. The number of rotatable bonds is 15. The molecule has 332 valence electrons. The Bertz CT molecular complexity index is 1810. The first-order valence-electron chi connectivity index (χ1n) is 21.9. The van der Waals surface area contributed by atoms with Gasteiger partial charge in [-0.1, -0.05) is 137 Å². The third-order valence-electron chi connectivity index (χ3n) is 15.8. The Morgan fingerprint density at radius 2 is 0.950 bits per heavy atom. The Balaban J connectivity index is 1.48. The third kappa shape index (κ3) is 8.40. The molecule has 2 bridgehead atoms. The number of carbonyl (C=O) groups is 3. The van der Waals surface area contributed by atoms with Crippen LogP contribution in [0.4, 0.5) is 0 Å². The van der Waals surface area contributed by atoms with Gasteiger partial charge in [0, 0.05) is 23.8 Å². The van der Waals surface area contributed by atoms with Gasteiger partial charge in [0.15, 0.2) is 25.0 Å². The van der Waals surface area contributed by atoms with E-state index in [-0.39, 0.29) is 65.6 Å². The van der Waals surface area contributed by atoms with Gasteiger partial charge in [-0.2, -0.15) is 0 Å². The van der Waals surface area contributed by atoms with Crippen molar-refractivity contribution in [3.8, 4) is 0 Å². The molecule has 5 rings (SSSR count). The fraction of sp³-hybridized carbons (Fsp3) is 0.646. The summed E-state index contributed by atoms with van der Waals surface area (Å²) in [4.78, 5) is 45.2. The summed E-state index contributed by atoms with van der Waals surface area (Å²) in [6.45, 7) is 37.4. The van der Waals surface area contributed by atoms with E-state index in [1.807, 2.05) is 74.5 Å². The molecule has 12 heteroatoms. The lowest BCUT2D eigenvalue weighted by atomic mass is 9.63. The molecule has 3 amide bonds. The van der Waals surface area contributed by atoms with Crippen LogP contribution < -0.4 is 5.32 Å². The van der Waals surface area contributed by atoms with Crippen molar-refractivity contribution in [1.82, 2.24) is 10.2 Å². The van der Waals surface area contributed by atoms with Crippen LogP contribution in [-0.2, 0) is 27.7 Å². The molecule has 2 aromatic carbocycles. The number of hydrogen-bond donors (Lipinski definition) is 2. The summed E-state index contributed by atoms with van der Waals surface area (Å²) in [5.74, 6) is -2.53. The molecule has 2 aliphatic carbocycles. The molecule has 60 heavy (non-hydrogen) atoms. The Morgan fingerprint density at radius 3 is 1.25 bits per heavy atom. The van der Waals surface area contributed by atoms with Gasteiger partial charge in [0.1, 0.15) is 5.54 Å². The molecule has 0 radical (unpaired) electrons. The number of imide groups is 1. The molecular weight excluding hydrogens is 801 g/mol. The summed E-state index contributed by atoms with van der Waals surface area (Å²) >= 11 is 0. The number of likely N-dealkylation sites (tertiary alicyclic amines) is 1. The minimum Gasteiger partial charge on any atom is -0.414 e. The van der Waals surface area contributed by atoms with Gasteiger partial charge in [-0.15, -0.1) is 0 Å². The molecule has 0 aromatic heterocycles. The number of amides is 3. The Labute approximate surface area is 364 Å². The lowest BCUT2D eigenvalue weighted by Crippen LogP contribution is -2.63. The average Bonchev–Trinajstić information content (AvgIpc) is 3.58. The van der Waals surface area contributed by atoms with Crippen molar-refractivity contribution in [1.29, 1.82) is 0 Å². The van der Waals surface area contributed by atoms with Crippen molar-refractivity contribution in [3.63, 3.8) is 0 Å². The maximum Gasteiger partial charge on any atom is 0.234 e. The van der Waals surface area contributed by atoms with Crippen molar-refractivity contribution < 1.29 is 32.8 Å². The molecule has 3 aliphatic rings. The minimum atomic E-state index is -2.31. The number of benzene rings is 2. The van der Waals surface area contributed by atoms with Crippen LogP contribution in [0.1, 0.15) is 93.7 Å². The number of aliphatic hydroxyl groups is 1. The van der Waals surface area contributed by atoms with Gasteiger partial charge >= 0.3 is 0 Å². The van der Waals surface area contributed by atoms with Crippen LogP contribution in [0.15, 0.2) is 60.7 Å². The zero-order valence-electron chi connectivity index (χ0n) is 39.9. The highest BCUT2D eigenvalue weighted by Gasteiger charge is 2.78. The number of nitrogens with zero attached hydrogens (tertiary/aromatic N) is 1. The van der Waals surface area contributed by atoms with Gasteiger partial charge in [-0.3, -0.25) is 19.3 Å². The summed E-state index contributed by atoms with van der Waals surface area (Å²) in [6, 6.07) is 19.8. The van der Waals surface area contributed by atoms with Crippen LogP contribution in [0.2, 0.25) is 54.4 Å². The quantitative estimate of drug-likeness (QED) is 0.135. The topological polar surface area (TPSA) is 114 Å². The monoisotopic (exact) mass is 876 g/mol. The predicted octanol–water partition coefficient (Wildman–Crippen LogP) is 9.91. The van der Waals surface area contributed by atoms with Gasteiger partial charge in [0.05, 0.1) is 37.8 Å². The summed E-state index contributed by atoms with van der Waals surface area (Å²) < 4.78 is 20.8. The largest absolute Gasteiger partial charge is 0.414 e. The van der Waals surface area contributed by atoms with E-state index >= 15 is 0 Å². The highest BCUT2D eigenvalue weighted by molar-refractivity contribution is 6.75. The maximum atomic E-state index is 14.7. The van der Waals surface area contributed by atoms with Crippen LogP contribution in [0.25, 0.3) is 11.1 Å². The number of nitrogens with one attached hydrogen (secondary N) is 1. The zero-order chi connectivity index (χ0) is 45.3. The molecule has 0 spiro atoms. The highest BCUT2D eigenvalue weighted by Crippen LogP contribution is 2.75. The number of aliphatic hydroxyl groups excluding tert-OH is 1. The number of hydrogen-bond acceptors (Lipinski definition) is 7. The van der Waals surface area contributed by atoms with Crippen molar-refractivity contribution in [3.05, 3.63) is 71.8 Å². The molecule has 2 N–H and O–H groups in total. The lowest BCUT2D eigenvalue weighted by molar-refractivity contribution is -0.143. The van der Waals surface area contributed by atoms with Crippen molar-refractivity contribution in [2.24, 2.45) is 22.7 Å². The van der Waals surface area contributed by atoms with E-state index in [2.05, 4.69) is 107 Å². The lowest BCUT2D eigenvalue weighted by Gasteiger charge is -2.46. The SMILES string of the molecule is CC12C(c3ccccc3)=C(c3ccccc3)C(C)(C3C(=O)N(CCC(=O)NC(CO[Si](C)(C)C(C)(C)C)(CO[Si](C)(C)C(C)(C)C)CO[Si](C)(C)C(C)(C)C)C(=O)C31)C2O. The van der Waals surface area contributed by atoms with Crippen molar-refractivity contribution >= 4 is 53.8 Å². The van der Waals surface area contributed by atoms with Crippen LogP contribution in [0, 0.1) is 22.7 Å². The fourth-order valence-electron chi connectivity index (χ4n) is 8.77. The molecular formula is C48H76N2O7Si3. The number of carbonyl (C=O) groups excluding carboxylic acids is 3. The van der Waals surface area contributed by atoms with Gasteiger partial charge in [0.25, 0.3) is 0 Å². The Hall–Kier alpha value is -2.72. The molecule has 1 saturated heterocycles. The molecule has 9 nitrogen and oxygen atoms in total. The first-order chi connectivity index (χ1) is 27.3. The van der Waals surface area contributed by atoms with E-state index in [1.54, 1.807) is 0 Å². The van der Waals surface area contributed by atoms with Gasteiger partial charge in [0.2, 0.25) is 17.7 Å². The van der Waals surface area contributed by atoms with E-state index in [9.17, 15) is 19.5 Å². The molecule has 1 saturated carbocycles. The zero-order valence-corrected chi connectivity index (χ0v) is 42.9. The van der Waals surface area contributed by atoms with Crippen LogP contribution >= 0.6 is 0 Å². The van der Waals surface area contributed by atoms with E-state index in [0.29, 0.717) is 0 Å². The first-order valence-corrected chi connectivity index (χ1v) is 30.6. The Morgan fingerprint density at radius 1 is 0.633 bits per heavy atom. The molecule has 1 aliphatic heterocycles. The first kappa shape index (κ1) is 48.3. The summed E-state index contributed by atoms with van der Waals surface area (Å²) in [5.41, 5.74) is 0.560. The fourth-order valence-corrected chi connectivity index (χ4v) is 12.0. The third-order valence-corrected chi connectivity index (χ3v) is 29.2. The highest BCUT2D eigenvalue weighted by atomic mass is 28.4.